The lowest BCUT2D eigenvalue weighted by atomic mass is 10.0. The monoisotopic (exact) mass is 384 g/mol. The molecule has 3 rings (SSSR count). The molecule has 0 amide bonds. The summed E-state index contributed by atoms with van der Waals surface area (Å²) in [6, 6.07) is 12.5. The summed E-state index contributed by atoms with van der Waals surface area (Å²) < 4.78 is 16.4. The van der Waals surface area contributed by atoms with E-state index in [2.05, 4.69) is 34.5 Å². The van der Waals surface area contributed by atoms with Crippen LogP contribution < -0.4 is 19.5 Å². The maximum absolute atomic E-state index is 5.55. The quantitative estimate of drug-likeness (QED) is 0.708. The van der Waals surface area contributed by atoms with E-state index in [1.807, 2.05) is 12.1 Å². The van der Waals surface area contributed by atoms with E-state index >= 15 is 0 Å². The lowest BCUT2D eigenvalue weighted by Gasteiger charge is -2.27. The van der Waals surface area contributed by atoms with Gasteiger partial charge in [0.1, 0.15) is 17.2 Å². The molecule has 0 radical (unpaired) electrons. The molecule has 152 valence electrons. The Hall–Kier alpha value is -2.24. The Balaban J connectivity index is 1.67. The normalized spacial score (nSPS) is 14.7. The Morgan fingerprint density at radius 2 is 1.46 bits per heavy atom. The van der Waals surface area contributed by atoms with Gasteiger partial charge >= 0.3 is 0 Å². The number of nitrogens with zero attached hydrogens (tertiary/aromatic N) is 1. The Morgan fingerprint density at radius 1 is 0.821 bits per heavy atom. The van der Waals surface area contributed by atoms with Crippen LogP contribution in [0, 0.1) is 0 Å². The van der Waals surface area contributed by atoms with E-state index in [4.69, 9.17) is 14.2 Å². The number of hydrogen-bond acceptors (Lipinski definition) is 5. The first-order chi connectivity index (χ1) is 13.7. The van der Waals surface area contributed by atoms with Gasteiger partial charge in [-0.2, -0.15) is 0 Å². The average molecular weight is 385 g/mol. The molecule has 0 aromatic heterocycles. The van der Waals surface area contributed by atoms with Gasteiger partial charge < -0.3 is 19.5 Å². The fourth-order valence-electron chi connectivity index (χ4n) is 3.82. The van der Waals surface area contributed by atoms with Gasteiger partial charge in [0.2, 0.25) is 0 Å². The van der Waals surface area contributed by atoms with Crippen molar-refractivity contribution in [2.75, 3.05) is 34.4 Å². The molecule has 0 spiro atoms. The summed E-state index contributed by atoms with van der Waals surface area (Å²) in [7, 11) is 4.99. The molecule has 1 heterocycles. The maximum atomic E-state index is 5.55. The highest BCUT2D eigenvalue weighted by atomic mass is 16.5. The molecule has 0 saturated carbocycles. The second-order valence-corrected chi connectivity index (χ2v) is 7.22. The summed E-state index contributed by atoms with van der Waals surface area (Å²) in [6.45, 7) is 4.92. The molecule has 2 aromatic carbocycles. The SMILES string of the molecule is COc1cc(OC)c(CNCc2ccccc2CN2CCCCC2)c(OC)c1. The summed E-state index contributed by atoms with van der Waals surface area (Å²) in [4.78, 5) is 2.57. The Morgan fingerprint density at radius 3 is 2.07 bits per heavy atom. The summed E-state index contributed by atoms with van der Waals surface area (Å²) in [6.07, 6.45) is 4.00. The van der Waals surface area contributed by atoms with Gasteiger partial charge in [0, 0.05) is 31.8 Å². The Bertz CT molecular complexity index is 732. The number of ether oxygens (including phenoxy) is 3. The predicted molar refractivity (Wildman–Crippen MR) is 112 cm³/mol. The standard InChI is InChI=1S/C23H32N2O3/c1-26-20-13-22(27-2)21(23(14-20)28-3)16-24-15-18-9-5-6-10-19(18)17-25-11-7-4-8-12-25/h5-6,9-10,13-14,24H,4,7-8,11-12,15-17H2,1-3H3. The van der Waals surface area contributed by atoms with Crippen molar-refractivity contribution in [3.8, 4) is 17.2 Å². The van der Waals surface area contributed by atoms with Crippen LogP contribution in [0.15, 0.2) is 36.4 Å². The van der Waals surface area contributed by atoms with E-state index in [9.17, 15) is 0 Å². The summed E-state index contributed by atoms with van der Waals surface area (Å²) in [5.74, 6) is 2.26. The first-order valence-electron chi connectivity index (χ1n) is 10.0. The second-order valence-electron chi connectivity index (χ2n) is 7.22. The van der Waals surface area contributed by atoms with Crippen LogP contribution in [0.3, 0.4) is 0 Å². The third kappa shape index (κ3) is 5.18. The van der Waals surface area contributed by atoms with Crippen molar-refractivity contribution in [1.29, 1.82) is 0 Å². The van der Waals surface area contributed by atoms with Crippen LogP contribution in [-0.2, 0) is 19.6 Å². The van der Waals surface area contributed by atoms with E-state index in [1.165, 1.54) is 43.5 Å². The highest BCUT2D eigenvalue weighted by molar-refractivity contribution is 5.50. The molecule has 5 heteroatoms. The van der Waals surface area contributed by atoms with Gasteiger partial charge in [-0.25, -0.2) is 0 Å². The molecule has 5 nitrogen and oxygen atoms in total. The molecule has 0 atom stereocenters. The topological polar surface area (TPSA) is 43.0 Å². The van der Waals surface area contributed by atoms with Crippen LogP contribution in [0.5, 0.6) is 17.2 Å². The summed E-state index contributed by atoms with van der Waals surface area (Å²) in [5.41, 5.74) is 3.75. The minimum absolute atomic E-state index is 0.661. The highest BCUT2D eigenvalue weighted by Gasteiger charge is 2.14. The smallest absolute Gasteiger partial charge is 0.130 e. The van der Waals surface area contributed by atoms with Gasteiger partial charge in [0.05, 0.1) is 26.9 Å². The fraction of sp³-hybridized carbons (Fsp3) is 0.478. The van der Waals surface area contributed by atoms with Gasteiger partial charge in [0.15, 0.2) is 0 Å². The predicted octanol–water partition coefficient (Wildman–Crippen LogP) is 3.99. The molecular formula is C23H32N2O3. The average Bonchev–Trinajstić information content (AvgIpc) is 2.75. The maximum Gasteiger partial charge on any atom is 0.130 e. The Labute approximate surface area is 168 Å². The first-order valence-corrected chi connectivity index (χ1v) is 10.0. The number of nitrogens with one attached hydrogen (secondary N) is 1. The van der Waals surface area contributed by atoms with E-state index in [-0.39, 0.29) is 0 Å². The van der Waals surface area contributed by atoms with Crippen molar-refractivity contribution in [2.45, 2.75) is 38.9 Å². The van der Waals surface area contributed by atoms with Crippen LogP contribution in [-0.4, -0.2) is 39.3 Å². The zero-order valence-corrected chi connectivity index (χ0v) is 17.3. The van der Waals surface area contributed by atoms with Crippen molar-refractivity contribution in [1.82, 2.24) is 10.2 Å². The lowest BCUT2D eigenvalue weighted by molar-refractivity contribution is 0.220. The van der Waals surface area contributed by atoms with Gasteiger partial charge in [-0.1, -0.05) is 30.7 Å². The van der Waals surface area contributed by atoms with Crippen molar-refractivity contribution in [3.63, 3.8) is 0 Å². The summed E-state index contributed by atoms with van der Waals surface area (Å²) >= 11 is 0. The summed E-state index contributed by atoms with van der Waals surface area (Å²) in [5, 5.41) is 3.56. The van der Waals surface area contributed by atoms with Crippen molar-refractivity contribution in [2.24, 2.45) is 0 Å². The van der Waals surface area contributed by atoms with Gasteiger partial charge in [-0.05, 0) is 37.1 Å². The largest absolute Gasteiger partial charge is 0.496 e. The van der Waals surface area contributed by atoms with E-state index in [0.717, 1.165) is 35.9 Å². The van der Waals surface area contributed by atoms with E-state index in [0.29, 0.717) is 6.54 Å². The molecule has 0 bridgehead atoms. The van der Waals surface area contributed by atoms with Gasteiger partial charge in [-0.3, -0.25) is 4.90 Å². The van der Waals surface area contributed by atoms with Gasteiger partial charge in [0.25, 0.3) is 0 Å². The minimum Gasteiger partial charge on any atom is -0.496 e. The van der Waals surface area contributed by atoms with Crippen molar-refractivity contribution < 1.29 is 14.2 Å². The second kappa shape index (κ2) is 10.3. The zero-order chi connectivity index (χ0) is 19.8. The number of benzene rings is 2. The number of rotatable bonds is 9. The van der Waals surface area contributed by atoms with E-state index < -0.39 is 0 Å². The lowest BCUT2D eigenvalue weighted by Crippen LogP contribution is -2.29. The van der Waals surface area contributed by atoms with Crippen LogP contribution >= 0.6 is 0 Å². The molecule has 1 N–H and O–H groups in total. The number of hydrogen-bond donors (Lipinski definition) is 1. The molecule has 1 aliphatic heterocycles. The fourth-order valence-corrected chi connectivity index (χ4v) is 3.82. The molecule has 28 heavy (non-hydrogen) atoms. The van der Waals surface area contributed by atoms with Crippen LogP contribution in [0.1, 0.15) is 36.0 Å². The van der Waals surface area contributed by atoms with Gasteiger partial charge in [-0.15, -0.1) is 0 Å². The Kier molecular flexibility index (Phi) is 7.57. The number of likely N-dealkylation sites (tertiary alicyclic amines) is 1. The minimum atomic E-state index is 0.661. The van der Waals surface area contributed by atoms with Crippen LogP contribution in [0.2, 0.25) is 0 Å². The van der Waals surface area contributed by atoms with Crippen LogP contribution in [0.25, 0.3) is 0 Å². The molecule has 0 aliphatic carbocycles. The van der Waals surface area contributed by atoms with Crippen molar-refractivity contribution >= 4 is 0 Å². The molecular weight excluding hydrogens is 352 g/mol. The molecule has 2 aromatic rings. The third-order valence-electron chi connectivity index (χ3n) is 5.40. The molecule has 0 unspecified atom stereocenters. The van der Waals surface area contributed by atoms with E-state index in [1.54, 1.807) is 21.3 Å². The van der Waals surface area contributed by atoms with Crippen molar-refractivity contribution in [3.05, 3.63) is 53.1 Å². The number of methoxy groups -OCH3 is 3. The zero-order valence-electron chi connectivity index (χ0n) is 17.3. The molecule has 1 saturated heterocycles. The first kappa shape index (κ1) is 20.5. The van der Waals surface area contributed by atoms with Crippen LogP contribution in [0.4, 0.5) is 0 Å². The third-order valence-corrected chi connectivity index (χ3v) is 5.40. The highest BCUT2D eigenvalue weighted by Crippen LogP contribution is 2.34. The molecule has 1 aliphatic rings. The number of piperidine rings is 1. The molecule has 1 fully saturated rings.